The number of aliphatic imine (C=N–C) groups is 2. The first-order valence-corrected chi connectivity index (χ1v) is 12.0. The quantitative estimate of drug-likeness (QED) is 0.198. The van der Waals surface area contributed by atoms with Gasteiger partial charge < -0.3 is 19.6 Å². The summed E-state index contributed by atoms with van der Waals surface area (Å²) in [4.78, 5) is 21.2. The molecule has 0 aliphatic heterocycles. The van der Waals surface area contributed by atoms with Crippen LogP contribution in [0, 0.1) is 18.2 Å². The fourth-order valence-electron chi connectivity index (χ4n) is 4.51. The first-order chi connectivity index (χ1) is 18.8. The zero-order chi connectivity index (χ0) is 27.8. The van der Waals surface area contributed by atoms with Crippen molar-refractivity contribution in [1.29, 1.82) is 0 Å². The van der Waals surface area contributed by atoms with E-state index in [4.69, 9.17) is 16.9 Å². The molecule has 39 heavy (non-hydrogen) atoms. The first kappa shape index (κ1) is 25.4. The Hall–Kier alpha value is -5.30. The number of hydrogen-bond donors (Lipinski definition) is 1. The molecule has 0 amide bonds. The summed E-state index contributed by atoms with van der Waals surface area (Å²) in [5.74, 6) is 2.74. The summed E-state index contributed by atoms with van der Waals surface area (Å²) < 4.78 is 24.8. The highest BCUT2D eigenvalue weighted by atomic mass is 19.1. The molecule has 0 aliphatic carbocycles. The van der Waals surface area contributed by atoms with Gasteiger partial charge in [0.15, 0.2) is 17.4 Å². The van der Waals surface area contributed by atoms with Crippen LogP contribution in [0.25, 0.3) is 44.5 Å². The number of imidazole rings is 1. The van der Waals surface area contributed by atoms with Crippen molar-refractivity contribution >= 4 is 40.6 Å². The smallest absolute Gasteiger partial charge is 0.321 e. The van der Waals surface area contributed by atoms with Gasteiger partial charge in [-0.25, -0.2) is 29.3 Å². The molecule has 0 fully saturated rings. The highest BCUT2D eigenvalue weighted by Gasteiger charge is 2.23. The number of nitrogen functional groups attached to an aromatic ring is 1. The molecule has 2 N–H and O–H groups in total. The highest BCUT2D eigenvalue weighted by molar-refractivity contribution is 6.08. The van der Waals surface area contributed by atoms with E-state index in [-0.39, 0.29) is 17.6 Å². The van der Waals surface area contributed by atoms with Crippen LogP contribution in [0.1, 0.15) is 19.7 Å². The van der Waals surface area contributed by atoms with Gasteiger partial charge in [0, 0.05) is 30.9 Å². The van der Waals surface area contributed by atoms with Crippen molar-refractivity contribution in [3.63, 3.8) is 0 Å². The number of rotatable bonds is 4. The Morgan fingerprint density at radius 2 is 1.92 bits per heavy atom. The van der Waals surface area contributed by atoms with E-state index in [9.17, 15) is 0 Å². The van der Waals surface area contributed by atoms with E-state index < -0.39 is 5.82 Å². The fraction of sp³-hybridized carbons (Fsp3) is 0.138. The van der Waals surface area contributed by atoms with Gasteiger partial charge in [0.25, 0.3) is 0 Å². The van der Waals surface area contributed by atoms with Crippen LogP contribution in [0.5, 0.6) is 5.75 Å². The fourth-order valence-corrected chi connectivity index (χ4v) is 4.51. The molecule has 10 heteroatoms. The van der Waals surface area contributed by atoms with Gasteiger partial charge in [0.05, 0.1) is 22.1 Å². The lowest BCUT2D eigenvalue weighted by molar-refractivity contribution is 0.486. The third-order valence-corrected chi connectivity index (χ3v) is 6.53. The summed E-state index contributed by atoms with van der Waals surface area (Å²) >= 11 is 0. The molecule has 0 unspecified atom stereocenters. The molecule has 2 aromatic carbocycles. The monoisotopic (exact) mass is 520 g/mol. The van der Waals surface area contributed by atoms with Crippen LogP contribution in [0.3, 0.4) is 0 Å². The number of nitrogens with zero attached hydrogens (tertiary/aromatic N) is 7. The van der Waals surface area contributed by atoms with Crippen LogP contribution in [0.2, 0.25) is 0 Å². The molecule has 0 atom stereocenters. The van der Waals surface area contributed by atoms with Crippen molar-refractivity contribution < 1.29 is 9.13 Å². The Morgan fingerprint density at radius 1 is 1.15 bits per heavy atom. The van der Waals surface area contributed by atoms with Crippen LogP contribution < -0.4 is 10.5 Å². The molecule has 0 bridgehead atoms. The second kappa shape index (κ2) is 9.87. The number of amidine groups is 1. The van der Waals surface area contributed by atoms with Crippen molar-refractivity contribution in [2.75, 3.05) is 5.73 Å². The van der Waals surface area contributed by atoms with Gasteiger partial charge >= 0.3 is 6.02 Å². The highest BCUT2D eigenvalue weighted by Crippen LogP contribution is 2.43. The number of aryl methyl sites for hydroxylation is 2. The van der Waals surface area contributed by atoms with Crippen LogP contribution in [-0.2, 0) is 14.1 Å². The topological polar surface area (TPSA) is 108 Å². The Bertz CT molecular complexity index is 1890. The van der Waals surface area contributed by atoms with E-state index in [2.05, 4.69) is 37.6 Å². The van der Waals surface area contributed by atoms with Gasteiger partial charge in [-0.15, -0.1) is 6.42 Å². The molecule has 0 saturated carbocycles. The molecular formula is C29H25FN8O. The average Bonchev–Trinajstić information content (AvgIpc) is 3.42. The van der Waals surface area contributed by atoms with E-state index in [1.165, 1.54) is 18.5 Å². The SMILES string of the molecule is C#Cc1nc2cc(-c3c(-c4ccc(O/C(N=C)=N/C(C)=C\C)c(F)c4)c4c(N)ncnc4n3C)ccc2n1C. The minimum atomic E-state index is -0.612. The molecular weight excluding hydrogens is 495 g/mol. The number of hydrogen-bond acceptors (Lipinski definition) is 6. The van der Waals surface area contributed by atoms with Crippen LogP contribution in [-0.4, -0.2) is 36.8 Å². The minimum absolute atomic E-state index is 0.0449. The van der Waals surface area contributed by atoms with Crippen molar-refractivity contribution in [3.05, 3.63) is 66.1 Å². The third-order valence-electron chi connectivity index (χ3n) is 6.53. The van der Waals surface area contributed by atoms with E-state index in [0.717, 1.165) is 22.3 Å². The number of fused-ring (bicyclic) bond motifs is 2. The molecule has 9 nitrogen and oxygen atoms in total. The zero-order valence-corrected chi connectivity index (χ0v) is 21.9. The summed E-state index contributed by atoms with van der Waals surface area (Å²) in [6, 6.07) is 10.4. The maximum absolute atomic E-state index is 15.4. The maximum Gasteiger partial charge on any atom is 0.321 e. The van der Waals surface area contributed by atoms with Gasteiger partial charge in [-0.1, -0.05) is 18.2 Å². The average molecular weight is 521 g/mol. The first-order valence-electron chi connectivity index (χ1n) is 12.0. The Labute approximate surface area is 224 Å². The van der Waals surface area contributed by atoms with Crippen LogP contribution in [0.15, 0.2) is 64.5 Å². The second-order valence-corrected chi connectivity index (χ2v) is 8.81. The summed E-state index contributed by atoms with van der Waals surface area (Å²) in [6.07, 6.45) is 8.80. The van der Waals surface area contributed by atoms with Crippen molar-refractivity contribution in [1.82, 2.24) is 24.1 Å². The lowest BCUT2D eigenvalue weighted by Crippen LogP contribution is -2.06. The summed E-state index contributed by atoms with van der Waals surface area (Å²) in [6.45, 7) is 7.06. The van der Waals surface area contributed by atoms with Crippen molar-refractivity contribution in [3.8, 4) is 40.5 Å². The van der Waals surface area contributed by atoms with E-state index in [1.54, 1.807) is 19.1 Å². The number of allylic oxidation sites excluding steroid dienone is 2. The van der Waals surface area contributed by atoms with Gasteiger partial charge in [0.1, 0.15) is 17.8 Å². The van der Waals surface area contributed by atoms with Gasteiger partial charge in [0.2, 0.25) is 0 Å². The van der Waals surface area contributed by atoms with E-state index in [1.807, 2.05) is 48.4 Å². The molecule has 0 saturated heterocycles. The van der Waals surface area contributed by atoms with Crippen LogP contribution >= 0.6 is 0 Å². The van der Waals surface area contributed by atoms with E-state index in [0.29, 0.717) is 33.7 Å². The number of terminal acetylenes is 1. The van der Waals surface area contributed by atoms with Crippen molar-refractivity contribution in [2.24, 2.45) is 24.1 Å². The maximum atomic E-state index is 15.4. The number of halogens is 1. The predicted octanol–water partition coefficient (Wildman–Crippen LogP) is 5.25. The molecule has 0 radical (unpaired) electrons. The number of benzene rings is 2. The predicted molar refractivity (Wildman–Crippen MR) is 153 cm³/mol. The molecule has 0 aliphatic rings. The number of nitrogens with two attached hydrogens (primary N) is 1. The molecule has 3 heterocycles. The van der Waals surface area contributed by atoms with E-state index >= 15 is 4.39 Å². The van der Waals surface area contributed by atoms with Gasteiger partial charge in [-0.2, -0.15) is 0 Å². The molecule has 0 spiro atoms. The largest absolute Gasteiger partial charge is 0.421 e. The van der Waals surface area contributed by atoms with Gasteiger partial charge in [-0.05, 0) is 56.3 Å². The lowest BCUT2D eigenvalue weighted by Gasteiger charge is -2.11. The number of anilines is 1. The van der Waals surface area contributed by atoms with Crippen molar-refractivity contribution in [2.45, 2.75) is 13.8 Å². The Kier molecular flexibility index (Phi) is 6.42. The standard InChI is InChI=1S/C29H25FN8O/c1-7-16(3)35-29(32-4)39-22-12-10-17(13-19(22)30)24-25-27(31)33-15-34-28(25)38(6)26(24)18-9-11-21-20(14-18)36-23(8-2)37(21)5/h2,7,9-15H,4H2,1,3,5-6H3,(H2,31,33,34)/b16-7-,35-29+. The van der Waals surface area contributed by atoms with Crippen LogP contribution in [0.4, 0.5) is 10.2 Å². The lowest BCUT2D eigenvalue weighted by atomic mass is 9.98. The molecule has 5 aromatic rings. The second-order valence-electron chi connectivity index (χ2n) is 8.81. The molecule has 3 aromatic heterocycles. The third kappa shape index (κ3) is 4.30. The number of ether oxygens (including phenoxy) is 1. The molecule has 194 valence electrons. The Balaban J connectivity index is 1.71. The normalized spacial score (nSPS) is 12.2. The zero-order valence-electron chi connectivity index (χ0n) is 21.9. The Morgan fingerprint density at radius 3 is 2.62 bits per heavy atom. The summed E-state index contributed by atoms with van der Waals surface area (Å²) in [5.41, 5.74) is 12.0. The minimum Gasteiger partial charge on any atom is -0.421 e. The summed E-state index contributed by atoms with van der Waals surface area (Å²) in [7, 11) is 3.74. The summed E-state index contributed by atoms with van der Waals surface area (Å²) in [5, 5.41) is 0.604. The number of aromatic nitrogens is 5. The van der Waals surface area contributed by atoms with Gasteiger partial charge in [-0.3, -0.25) is 0 Å². The molecule has 5 rings (SSSR count).